The van der Waals surface area contributed by atoms with Crippen molar-refractivity contribution in [2.45, 2.75) is 127 Å². The highest BCUT2D eigenvalue weighted by Crippen LogP contribution is 2.55. The second-order valence-electron chi connectivity index (χ2n) is 34.4. The van der Waals surface area contributed by atoms with Crippen molar-refractivity contribution in [1.82, 2.24) is 125 Å². The summed E-state index contributed by atoms with van der Waals surface area (Å²) >= 11 is 0. The highest BCUT2D eigenvalue weighted by Gasteiger charge is 2.51. The van der Waals surface area contributed by atoms with Crippen LogP contribution in [0.15, 0.2) is 214 Å². The summed E-state index contributed by atoms with van der Waals surface area (Å²) in [4.78, 5) is 74.6. The topological polar surface area (TPSA) is 481 Å². The van der Waals surface area contributed by atoms with Gasteiger partial charge in [0.05, 0.1) is 99.6 Å². The normalized spacial score (nSPS) is 15.6. The van der Waals surface area contributed by atoms with E-state index in [-0.39, 0.29) is 47.2 Å². The zero-order valence-electron chi connectivity index (χ0n) is 72.8. The highest BCUT2D eigenvalue weighted by molar-refractivity contribution is 5.75. The molecule has 4 aliphatic carbocycles. The number of nitrogens with zero attached hydrogens (tertiary/aromatic N) is 25. The molecule has 4 aliphatic rings. The molecule has 128 heavy (non-hydrogen) atoms. The zero-order valence-corrected chi connectivity index (χ0v) is 72.8. The van der Waals surface area contributed by atoms with Crippen molar-refractivity contribution in [3.05, 3.63) is 242 Å². The Morgan fingerprint density at radius 1 is 0.406 bits per heavy atom. The number of carbonyl (C=O) groups is 1. The van der Waals surface area contributed by atoms with E-state index in [1.807, 2.05) is 52.7 Å². The van der Waals surface area contributed by atoms with E-state index >= 15 is 0 Å². The molecule has 36 nitrogen and oxygen atoms in total. The summed E-state index contributed by atoms with van der Waals surface area (Å²) in [6.45, 7) is 12.6. The van der Waals surface area contributed by atoms with E-state index in [2.05, 4.69) is 221 Å². The highest BCUT2D eigenvalue weighted by atomic mass is 16.5. The zero-order chi connectivity index (χ0) is 89.2. The Morgan fingerprint density at radius 2 is 0.758 bits per heavy atom. The van der Waals surface area contributed by atoms with Gasteiger partial charge in [0.25, 0.3) is 23.6 Å². The van der Waals surface area contributed by atoms with Crippen LogP contribution in [0.5, 0.6) is 0 Å². The van der Waals surface area contributed by atoms with Crippen LogP contribution in [0.1, 0.15) is 138 Å². The number of hydrogen-bond donors (Lipinski definition) is 6. The maximum atomic E-state index is 12.0. The third-order valence-electron chi connectivity index (χ3n) is 24.6. The first-order valence-corrected chi connectivity index (χ1v) is 42.2. The molecule has 0 aliphatic heterocycles. The molecule has 0 bridgehead atoms. The fraction of sp³-hybridized carbons (Fsp3) is 0.326. The Kier molecular flexibility index (Phi) is 23.4. The van der Waals surface area contributed by atoms with Crippen molar-refractivity contribution in [1.29, 1.82) is 0 Å². The Labute approximate surface area is 736 Å². The van der Waals surface area contributed by atoms with Crippen LogP contribution >= 0.6 is 0 Å². The SMILES string of the molecule is CC(C)(CO)Nc1cnc(-c2nc([C@@](C)(c3ccc(-c4cnc(N)nc4)cc3)C3CC3)no2)cn1.CNc1ncc(-c2ccc([C@](C)(c3noc(-c4cnn(CC(=O)N(C)C)c4)n3)C3CC3)cc2)cn1.Cn1cc(-c2nc([C@@](C)(c3ccc(-c4cnc(N)cn4)cc3)C3CC3)no2)cn1.Cn1cc(-c2nc([C@@](C)(c3ccc(-c4cnc(N)nc4)cc3)C3CC3)no2)cn1. The molecule has 9 N–H and O–H groups in total. The summed E-state index contributed by atoms with van der Waals surface area (Å²) in [6, 6.07) is 33.5. The van der Waals surface area contributed by atoms with Gasteiger partial charge in [0.2, 0.25) is 23.8 Å². The van der Waals surface area contributed by atoms with Crippen molar-refractivity contribution in [2.24, 2.45) is 37.8 Å². The van der Waals surface area contributed by atoms with Gasteiger partial charge in [0, 0.05) is 113 Å². The first-order valence-electron chi connectivity index (χ1n) is 42.2. The number of benzene rings is 4. The van der Waals surface area contributed by atoms with Crippen LogP contribution in [0.2, 0.25) is 0 Å². The summed E-state index contributed by atoms with van der Waals surface area (Å²) in [5, 5.41) is 45.6. The molecule has 12 heterocycles. The van der Waals surface area contributed by atoms with Gasteiger partial charge < -0.3 is 55.9 Å². The summed E-state index contributed by atoms with van der Waals surface area (Å²) in [5.41, 5.74) is 30.0. The van der Waals surface area contributed by atoms with Gasteiger partial charge in [-0.2, -0.15) is 35.2 Å². The smallest absolute Gasteiger partial charge is 0.278 e. The molecule has 16 aromatic rings. The van der Waals surface area contributed by atoms with Crippen LogP contribution in [-0.4, -0.2) is 169 Å². The van der Waals surface area contributed by atoms with Crippen molar-refractivity contribution in [3.63, 3.8) is 0 Å². The second-order valence-corrected chi connectivity index (χ2v) is 34.4. The largest absolute Gasteiger partial charge is 0.394 e. The molecule has 36 heteroatoms. The van der Waals surface area contributed by atoms with E-state index in [1.54, 1.807) is 110 Å². The van der Waals surface area contributed by atoms with Crippen molar-refractivity contribution in [3.8, 4) is 90.6 Å². The van der Waals surface area contributed by atoms with E-state index in [0.29, 0.717) is 99.4 Å². The maximum Gasteiger partial charge on any atom is 0.278 e. The minimum atomic E-state index is -0.504. The molecule has 4 fully saturated rings. The van der Waals surface area contributed by atoms with Gasteiger partial charge in [-0.1, -0.05) is 118 Å². The summed E-state index contributed by atoms with van der Waals surface area (Å²) in [5.74, 6) is 8.31. The quantitative estimate of drug-likeness (QED) is 0.0293. The molecule has 4 atom stereocenters. The summed E-state index contributed by atoms with van der Waals surface area (Å²) in [7, 11) is 8.96. The maximum absolute atomic E-state index is 12.0. The van der Waals surface area contributed by atoms with Crippen molar-refractivity contribution < 1.29 is 28.0 Å². The molecule has 0 radical (unpaired) electrons. The number of aryl methyl sites for hydroxylation is 2. The first-order chi connectivity index (χ1) is 61.7. The average molecular weight is 1720 g/mol. The Balaban J connectivity index is 0.000000120. The number of nitrogens with one attached hydrogen (secondary N) is 2. The number of aliphatic hydroxyl groups is 1. The van der Waals surface area contributed by atoms with E-state index in [4.69, 9.17) is 55.2 Å². The number of carbonyl (C=O) groups excluding carboxylic acids is 1. The molecular weight excluding hydrogens is 1620 g/mol. The predicted octanol–water partition coefficient (Wildman–Crippen LogP) is 13.2. The van der Waals surface area contributed by atoms with Crippen LogP contribution in [-0.2, 0) is 47.1 Å². The summed E-state index contributed by atoms with van der Waals surface area (Å²) in [6.07, 6.45) is 36.6. The molecule has 12 aromatic heterocycles. The van der Waals surface area contributed by atoms with Gasteiger partial charge in [0.15, 0.2) is 23.3 Å². The van der Waals surface area contributed by atoms with Gasteiger partial charge in [-0.05, 0) is 156 Å². The third-order valence-corrected chi connectivity index (χ3v) is 24.6. The van der Waals surface area contributed by atoms with E-state index in [1.165, 1.54) is 10.5 Å². The number of hydrogen-bond acceptors (Lipinski definition) is 32. The van der Waals surface area contributed by atoms with Gasteiger partial charge in [-0.25, -0.2) is 44.9 Å². The van der Waals surface area contributed by atoms with Crippen LogP contribution < -0.4 is 27.8 Å². The van der Waals surface area contributed by atoms with Gasteiger partial charge in [0.1, 0.15) is 23.9 Å². The number of rotatable bonds is 26. The third kappa shape index (κ3) is 18.1. The number of aromatic nitrogens is 24. The monoisotopic (exact) mass is 1720 g/mol. The number of likely N-dealkylation sites (N-methyl/N-ethyl adjacent to an activating group) is 1. The molecule has 1 amide bonds. The molecule has 0 unspecified atom stereocenters. The van der Waals surface area contributed by atoms with Crippen LogP contribution in [0, 0.1) is 23.7 Å². The average Bonchev–Trinajstić information content (AvgIpc) is 1.61. The van der Waals surface area contributed by atoms with Crippen LogP contribution in [0.4, 0.5) is 29.5 Å². The minimum Gasteiger partial charge on any atom is -0.394 e. The van der Waals surface area contributed by atoms with E-state index < -0.39 is 11.0 Å². The molecule has 0 saturated heterocycles. The number of anilines is 5. The lowest BCUT2D eigenvalue weighted by atomic mass is 9.76. The van der Waals surface area contributed by atoms with E-state index in [9.17, 15) is 9.90 Å². The Morgan fingerprint density at radius 3 is 1.09 bits per heavy atom. The van der Waals surface area contributed by atoms with Gasteiger partial charge in [-0.15, -0.1) is 0 Å². The lowest BCUT2D eigenvalue weighted by Crippen LogP contribution is -2.35. The standard InChI is InChI=1S/2C25H28N8O2.2C21H21N7O/c1-25(20-9-10-20,19-7-5-16(6-8-19)17-11-27-24(26-2)28-12-17)23-30-22(35-31-23)18-13-29-33(14-18)15-21(34)32(3)4;1-24(2,14-34)32-20-13-27-19(12-28-20)21-31-22(33-35-21)25(3,18-8-9-18)17-6-4-15(5-7-17)16-10-29-23(26)30-11-16;1-21(16-7-8-16,20-26-19(29-27-20)14-9-25-28(2)12-14)15-5-3-13(4-6-15)17-10-24-18(22)11-23-17;1-21(17-7-8-17,19-26-18(29-27-19)15-11-25-28(2)12-15)16-5-3-13(4-6-16)14-9-23-20(22)24-10-14/h5-8,11-14,20H,9-10,15H2,1-4H3,(H,26,27,28);4-7,10-13,18,34H,8-9,14H2,1-3H3,(H,28,32)(H2,26,29,30);3-6,9-12,16H,7-8H2,1-2H3,(H2,22,24);3-6,9-12,17H,7-8H2,1-2H3,(H2,22,23,24)/t2*25-;2*21-/m0000/s1. The molecule has 0 spiro atoms. The van der Waals surface area contributed by atoms with E-state index in [0.717, 1.165) is 124 Å². The Bertz CT molecular complexity index is 6290. The molecule has 4 saturated carbocycles. The molecule has 652 valence electrons. The minimum absolute atomic E-state index is 0.0298. The van der Waals surface area contributed by atoms with Crippen molar-refractivity contribution >= 4 is 35.4 Å². The number of nitrogens with two attached hydrogens (primary N) is 3. The lowest BCUT2D eigenvalue weighted by Gasteiger charge is -2.27. The molecule has 20 rings (SSSR count). The fourth-order valence-electron chi connectivity index (χ4n) is 15.9. The second kappa shape index (κ2) is 35.1. The molecular formula is C92H98N30O6. The summed E-state index contributed by atoms with van der Waals surface area (Å²) < 4.78 is 27.4. The predicted molar refractivity (Wildman–Crippen MR) is 477 cm³/mol. The van der Waals surface area contributed by atoms with Crippen LogP contribution in [0.3, 0.4) is 0 Å². The first kappa shape index (κ1) is 85.1. The van der Waals surface area contributed by atoms with Gasteiger partial charge >= 0.3 is 0 Å². The Hall–Kier alpha value is -15.1. The van der Waals surface area contributed by atoms with Crippen molar-refractivity contribution in [2.75, 3.05) is 55.6 Å². The molecule has 4 aromatic carbocycles. The lowest BCUT2D eigenvalue weighted by molar-refractivity contribution is -0.129. The number of nitrogen functional groups attached to an aromatic ring is 3. The number of amides is 1. The van der Waals surface area contributed by atoms with Gasteiger partial charge in [-0.3, -0.25) is 23.8 Å². The fourth-order valence-corrected chi connectivity index (χ4v) is 15.9. The van der Waals surface area contributed by atoms with Crippen LogP contribution in [0.25, 0.3) is 90.6 Å². The number of aliphatic hydroxyl groups excluding tert-OH is 1.